The summed E-state index contributed by atoms with van der Waals surface area (Å²) in [4.78, 5) is 4.27. The van der Waals surface area contributed by atoms with Crippen molar-refractivity contribution in [3.63, 3.8) is 0 Å². The Morgan fingerprint density at radius 3 is 2.75 bits per heavy atom. The normalized spacial score (nSPS) is 12.2. The van der Waals surface area contributed by atoms with Gasteiger partial charge in [0.15, 0.2) is 0 Å². The molecule has 0 fully saturated rings. The zero-order valence-corrected chi connectivity index (χ0v) is 11.9. The van der Waals surface area contributed by atoms with Crippen molar-refractivity contribution in [3.05, 3.63) is 58.6 Å². The second-order valence-corrected chi connectivity index (χ2v) is 5.11. The third-order valence-electron chi connectivity index (χ3n) is 2.72. The molecule has 1 unspecified atom stereocenters. The van der Waals surface area contributed by atoms with E-state index < -0.39 is 5.82 Å². The largest absolute Gasteiger partial charge is 0.487 e. The number of halogens is 2. The summed E-state index contributed by atoms with van der Waals surface area (Å²) in [6, 6.07) is 8.32. The van der Waals surface area contributed by atoms with Crippen molar-refractivity contribution in [1.82, 2.24) is 4.98 Å². The number of nitrogens with zero attached hydrogens (tertiary/aromatic N) is 1. The van der Waals surface area contributed by atoms with Crippen molar-refractivity contribution in [2.75, 3.05) is 0 Å². The van der Waals surface area contributed by atoms with Crippen LogP contribution in [0.25, 0.3) is 0 Å². The van der Waals surface area contributed by atoms with Gasteiger partial charge in [0.25, 0.3) is 0 Å². The second-order valence-electron chi connectivity index (χ2n) is 4.70. The van der Waals surface area contributed by atoms with Crippen molar-refractivity contribution in [1.29, 1.82) is 0 Å². The first-order valence-electron chi connectivity index (χ1n) is 6.32. The highest BCUT2D eigenvalue weighted by molar-refractivity contribution is 6.30. The summed E-state index contributed by atoms with van der Waals surface area (Å²) in [5.74, 6) is 0.219. The van der Waals surface area contributed by atoms with E-state index in [0.29, 0.717) is 12.4 Å². The van der Waals surface area contributed by atoms with E-state index in [-0.39, 0.29) is 11.1 Å². The Morgan fingerprint density at radius 1 is 1.35 bits per heavy atom. The molecule has 1 atom stereocenters. The van der Waals surface area contributed by atoms with E-state index in [4.69, 9.17) is 22.1 Å². The summed E-state index contributed by atoms with van der Waals surface area (Å²) in [6.45, 7) is 2.25. The highest BCUT2D eigenvalue weighted by atomic mass is 35.5. The topological polar surface area (TPSA) is 48.1 Å². The molecular weight excluding hydrogens is 279 g/mol. The van der Waals surface area contributed by atoms with Crippen LogP contribution in [0.1, 0.15) is 18.2 Å². The number of ether oxygens (including phenoxy) is 1. The third kappa shape index (κ3) is 4.18. The van der Waals surface area contributed by atoms with Gasteiger partial charge in [0.1, 0.15) is 18.2 Å². The lowest BCUT2D eigenvalue weighted by Gasteiger charge is -2.08. The maximum Gasteiger partial charge on any atom is 0.141 e. The molecule has 0 bridgehead atoms. The van der Waals surface area contributed by atoms with Gasteiger partial charge in [0.2, 0.25) is 0 Å². The molecule has 2 aromatic rings. The second kappa shape index (κ2) is 6.68. The number of hydrogen-bond donors (Lipinski definition) is 1. The van der Waals surface area contributed by atoms with Gasteiger partial charge in [0.05, 0.1) is 11.2 Å². The quantitative estimate of drug-likeness (QED) is 0.920. The van der Waals surface area contributed by atoms with E-state index in [9.17, 15) is 4.39 Å². The molecule has 3 nitrogen and oxygen atoms in total. The molecule has 1 aromatic heterocycles. The molecule has 0 saturated heterocycles. The van der Waals surface area contributed by atoms with Crippen LogP contribution in [-0.2, 0) is 13.0 Å². The third-order valence-corrected chi connectivity index (χ3v) is 3.01. The molecule has 2 N–H and O–H groups in total. The number of benzene rings is 1. The Kier molecular flexibility index (Phi) is 4.93. The van der Waals surface area contributed by atoms with Gasteiger partial charge in [-0.3, -0.25) is 4.98 Å². The molecule has 1 aromatic carbocycles. The minimum Gasteiger partial charge on any atom is -0.487 e. The molecular formula is C15H16ClFN2O. The highest BCUT2D eigenvalue weighted by Gasteiger charge is 2.03. The minimum absolute atomic E-state index is 0.0793. The van der Waals surface area contributed by atoms with Crippen molar-refractivity contribution >= 4 is 11.6 Å². The van der Waals surface area contributed by atoms with Gasteiger partial charge in [-0.1, -0.05) is 17.7 Å². The molecule has 5 heteroatoms. The average molecular weight is 295 g/mol. The van der Waals surface area contributed by atoms with Crippen LogP contribution in [0.5, 0.6) is 5.75 Å². The summed E-state index contributed by atoms with van der Waals surface area (Å²) in [5, 5.41) is 0.0940. The predicted molar refractivity (Wildman–Crippen MR) is 77.3 cm³/mol. The van der Waals surface area contributed by atoms with E-state index in [1.807, 2.05) is 19.1 Å². The van der Waals surface area contributed by atoms with Gasteiger partial charge < -0.3 is 10.5 Å². The fraction of sp³-hybridized carbons (Fsp3) is 0.267. The van der Waals surface area contributed by atoms with Crippen molar-refractivity contribution in [2.24, 2.45) is 5.73 Å². The SMILES string of the molecule is CC(N)Cc1ccc(OCc2ccc(F)c(Cl)c2)cn1. The number of pyridine rings is 1. The van der Waals surface area contributed by atoms with E-state index in [2.05, 4.69) is 4.98 Å². The first-order chi connectivity index (χ1) is 9.54. The van der Waals surface area contributed by atoms with Gasteiger partial charge in [-0.15, -0.1) is 0 Å². The van der Waals surface area contributed by atoms with Gasteiger partial charge in [-0.2, -0.15) is 0 Å². The molecule has 106 valence electrons. The summed E-state index contributed by atoms with van der Waals surface area (Å²) >= 11 is 5.71. The van der Waals surface area contributed by atoms with Gasteiger partial charge in [0, 0.05) is 18.2 Å². The first-order valence-corrected chi connectivity index (χ1v) is 6.69. The van der Waals surface area contributed by atoms with Crippen molar-refractivity contribution in [3.8, 4) is 5.75 Å². The van der Waals surface area contributed by atoms with Crippen molar-refractivity contribution in [2.45, 2.75) is 26.0 Å². The smallest absolute Gasteiger partial charge is 0.141 e. The predicted octanol–water partition coefficient (Wildman–Crippen LogP) is 3.34. The lowest BCUT2D eigenvalue weighted by molar-refractivity contribution is 0.304. The monoisotopic (exact) mass is 294 g/mol. The molecule has 0 radical (unpaired) electrons. The standard InChI is InChI=1S/C15H16ClFN2O/c1-10(18)6-12-3-4-13(8-19-12)20-9-11-2-5-15(17)14(16)7-11/h2-5,7-8,10H,6,9,18H2,1H3. The first kappa shape index (κ1) is 14.8. The van der Waals surface area contributed by atoms with Crippen LogP contribution in [0.2, 0.25) is 5.02 Å². The Morgan fingerprint density at radius 2 is 2.15 bits per heavy atom. The van der Waals surface area contributed by atoms with Gasteiger partial charge in [-0.25, -0.2) is 4.39 Å². The Balaban J connectivity index is 1.95. The van der Waals surface area contributed by atoms with Crippen LogP contribution in [-0.4, -0.2) is 11.0 Å². The molecule has 0 aliphatic carbocycles. The lowest BCUT2D eigenvalue weighted by atomic mass is 10.2. The number of aromatic nitrogens is 1. The highest BCUT2D eigenvalue weighted by Crippen LogP contribution is 2.18. The average Bonchev–Trinajstić information content (AvgIpc) is 2.41. The molecule has 20 heavy (non-hydrogen) atoms. The fourth-order valence-electron chi connectivity index (χ4n) is 1.74. The molecule has 0 saturated carbocycles. The van der Waals surface area contributed by atoms with Gasteiger partial charge >= 0.3 is 0 Å². The number of hydrogen-bond acceptors (Lipinski definition) is 3. The Bertz CT molecular complexity index is 573. The molecule has 0 amide bonds. The number of rotatable bonds is 5. The molecule has 0 aliphatic rings. The summed E-state index contributed by atoms with van der Waals surface area (Å²) < 4.78 is 18.6. The molecule has 2 rings (SSSR count). The van der Waals surface area contributed by atoms with Crippen LogP contribution in [0.3, 0.4) is 0 Å². The molecule has 1 heterocycles. The van der Waals surface area contributed by atoms with E-state index in [1.165, 1.54) is 6.07 Å². The Labute approximate surface area is 122 Å². The minimum atomic E-state index is -0.433. The summed E-state index contributed by atoms with van der Waals surface area (Å²) in [7, 11) is 0. The van der Waals surface area contributed by atoms with Gasteiger partial charge in [-0.05, 0) is 36.8 Å². The maximum absolute atomic E-state index is 13.0. The van der Waals surface area contributed by atoms with Crippen molar-refractivity contribution < 1.29 is 9.13 Å². The van der Waals surface area contributed by atoms with Crippen LogP contribution in [0, 0.1) is 5.82 Å². The lowest BCUT2D eigenvalue weighted by Crippen LogP contribution is -2.18. The number of nitrogens with two attached hydrogens (primary N) is 1. The maximum atomic E-state index is 13.0. The summed E-state index contributed by atoms with van der Waals surface area (Å²) in [5.41, 5.74) is 7.44. The fourth-order valence-corrected chi connectivity index (χ4v) is 1.95. The van der Waals surface area contributed by atoms with E-state index in [1.54, 1.807) is 18.3 Å². The summed E-state index contributed by atoms with van der Waals surface area (Å²) in [6.07, 6.45) is 2.39. The molecule has 0 aliphatic heterocycles. The molecule has 0 spiro atoms. The van der Waals surface area contributed by atoms with Crippen LogP contribution < -0.4 is 10.5 Å². The zero-order chi connectivity index (χ0) is 14.5. The zero-order valence-electron chi connectivity index (χ0n) is 11.1. The Hall–Kier alpha value is -1.65. The van der Waals surface area contributed by atoms with Crippen LogP contribution in [0.4, 0.5) is 4.39 Å². The van der Waals surface area contributed by atoms with Crippen LogP contribution in [0.15, 0.2) is 36.5 Å². The van der Waals surface area contributed by atoms with Crippen LogP contribution >= 0.6 is 11.6 Å². The van der Waals surface area contributed by atoms with E-state index in [0.717, 1.165) is 17.7 Å². The van der Waals surface area contributed by atoms with E-state index >= 15 is 0 Å².